The average Bonchev–Trinajstić information content (AvgIpc) is 3.00. The highest BCUT2D eigenvalue weighted by molar-refractivity contribution is 5.92. The first-order chi connectivity index (χ1) is 14.3. The van der Waals surface area contributed by atoms with Gasteiger partial charge in [-0.25, -0.2) is 13.2 Å². The molecule has 7 heteroatoms. The molecule has 1 amide bonds. The zero-order chi connectivity index (χ0) is 21.4. The number of aromatic amines is 1. The highest BCUT2D eigenvalue weighted by atomic mass is 19.1. The molecule has 0 aliphatic heterocycles. The van der Waals surface area contributed by atoms with Gasteiger partial charge < -0.3 is 15.6 Å². The number of fused-ring (bicyclic) bond motifs is 1. The van der Waals surface area contributed by atoms with Gasteiger partial charge in [0.25, 0.3) is 0 Å². The van der Waals surface area contributed by atoms with Crippen LogP contribution in [0.2, 0.25) is 0 Å². The SMILES string of the molecule is CC(C)NC(=O)CNC1CC(c2c(-c3ccc(F)cc3)[nH]c3c(F)cc(F)cc23)C1. The minimum atomic E-state index is -0.654. The predicted octanol–water partition coefficient (Wildman–Crippen LogP) is 4.61. The first-order valence-corrected chi connectivity index (χ1v) is 10.1. The lowest BCUT2D eigenvalue weighted by Gasteiger charge is -2.36. The van der Waals surface area contributed by atoms with Crippen LogP contribution in [-0.4, -0.2) is 29.5 Å². The Bertz CT molecular complexity index is 1070. The fourth-order valence-electron chi connectivity index (χ4n) is 4.14. The summed E-state index contributed by atoms with van der Waals surface area (Å²) in [4.78, 5) is 14.9. The first-order valence-electron chi connectivity index (χ1n) is 10.1. The van der Waals surface area contributed by atoms with Crippen molar-refractivity contribution >= 4 is 16.8 Å². The molecule has 1 aromatic heterocycles. The van der Waals surface area contributed by atoms with E-state index in [1.165, 1.54) is 18.2 Å². The molecule has 1 saturated carbocycles. The summed E-state index contributed by atoms with van der Waals surface area (Å²) in [7, 11) is 0. The molecule has 0 bridgehead atoms. The Hall–Kier alpha value is -2.80. The number of carbonyl (C=O) groups excluding carboxylic acids is 1. The van der Waals surface area contributed by atoms with Gasteiger partial charge in [-0.15, -0.1) is 0 Å². The van der Waals surface area contributed by atoms with E-state index in [0.29, 0.717) is 11.1 Å². The highest BCUT2D eigenvalue weighted by Crippen LogP contribution is 2.45. The number of aromatic nitrogens is 1. The van der Waals surface area contributed by atoms with Crippen molar-refractivity contribution in [2.75, 3.05) is 6.54 Å². The van der Waals surface area contributed by atoms with Crippen molar-refractivity contribution < 1.29 is 18.0 Å². The monoisotopic (exact) mass is 415 g/mol. The number of carbonyl (C=O) groups is 1. The van der Waals surface area contributed by atoms with Crippen LogP contribution in [-0.2, 0) is 4.79 Å². The third kappa shape index (κ3) is 4.07. The third-order valence-corrected chi connectivity index (χ3v) is 5.54. The van der Waals surface area contributed by atoms with Gasteiger partial charge in [-0.05, 0) is 74.1 Å². The second-order valence-corrected chi connectivity index (χ2v) is 8.20. The summed E-state index contributed by atoms with van der Waals surface area (Å²) in [5.41, 5.74) is 2.48. The van der Waals surface area contributed by atoms with E-state index in [4.69, 9.17) is 0 Å². The zero-order valence-corrected chi connectivity index (χ0v) is 16.9. The van der Waals surface area contributed by atoms with Gasteiger partial charge in [0.05, 0.1) is 17.8 Å². The van der Waals surface area contributed by atoms with Gasteiger partial charge >= 0.3 is 0 Å². The molecule has 0 radical (unpaired) electrons. The van der Waals surface area contributed by atoms with Crippen LogP contribution in [0.3, 0.4) is 0 Å². The van der Waals surface area contributed by atoms with E-state index in [-0.39, 0.29) is 41.8 Å². The Morgan fingerprint density at radius 2 is 1.80 bits per heavy atom. The lowest BCUT2D eigenvalue weighted by atomic mass is 9.74. The van der Waals surface area contributed by atoms with E-state index in [2.05, 4.69) is 15.6 Å². The van der Waals surface area contributed by atoms with Crippen molar-refractivity contribution in [3.63, 3.8) is 0 Å². The Morgan fingerprint density at radius 3 is 2.47 bits per heavy atom. The maximum absolute atomic E-state index is 14.4. The quantitative estimate of drug-likeness (QED) is 0.551. The van der Waals surface area contributed by atoms with E-state index < -0.39 is 11.6 Å². The molecule has 3 aromatic rings. The lowest BCUT2D eigenvalue weighted by molar-refractivity contribution is -0.121. The van der Waals surface area contributed by atoms with E-state index in [1.807, 2.05) is 13.8 Å². The van der Waals surface area contributed by atoms with Crippen molar-refractivity contribution in [2.24, 2.45) is 0 Å². The number of halogens is 3. The number of amides is 1. The molecule has 158 valence electrons. The molecule has 0 atom stereocenters. The molecular formula is C23H24F3N3O. The zero-order valence-electron chi connectivity index (χ0n) is 16.9. The van der Waals surface area contributed by atoms with E-state index in [9.17, 15) is 18.0 Å². The summed E-state index contributed by atoms with van der Waals surface area (Å²) in [5, 5.41) is 6.58. The molecule has 1 heterocycles. The number of H-pyrrole nitrogens is 1. The molecule has 0 saturated heterocycles. The van der Waals surface area contributed by atoms with Crippen LogP contribution in [0, 0.1) is 17.5 Å². The standard InChI is InChI=1S/C23H24F3N3O/c1-12(2)28-20(30)11-27-17-7-14(8-17)21-18-9-16(25)10-19(26)23(18)29-22(21)13-3-5-15(24)6-4-13/h3-6,9-10,12,14,17,27,29H,7-8,11H2,1-2H3,(H,28,30). The molecule has 1 aliphatic rings. The van der Waals surface area contributed by atoms with Crippen LogP contribution in [0.5, 0.6) is 0 Å². The van der Waals surface area contributed by atoms with E-state index in [0.717, 1.165) is 30.0 Å². The van der Waals surface area contributed by atoms with Gasteiger partial charge in [-0.2, -0.15) is 0 Å². The van der Waals surface area contributed by atoms with Crippen LogP contribution in [0.1, 0.15) is 38.2 Å². The molecule has 1 fully saturated rings. The Morgan fingerprint density at radius 1 is 1.10 bits per heavy atom. The fraction of sp³-hybridized carbons (Fsp3) is 0.348. The first kappa shape index (κ1) is 20.5. The molecule has 4 rings (SSSR count). The predicted molar refractivity (Wildman–Crippen MR) is 111 cm³/mol. The topological polar surface area (TPSA) is 56.9 Å². The van der Waals surface area contributed by atoms with Crippen LogP contribution >= 0.6 is 0 Å². The summed E-state index contributed by atoms with van der Waals surface area (Å²) in [6.07, 6.45) is 1.49. The number of hydrogen-bond donors (Lipinski definition) is 3. The Labute approximate surface area is 172 Å². The molecule has 3 N–H and O–H groups in total. The van der Waals surface area contributed by atoms with Gasteiger partial charge in [-0.1, -0.05) is 0 Å². The van der Waals surface area contributed by atoms with Gasteiger partial charge in [0.1, 0.15) is 17.5 Å². The van der Waals surface area contributed by atoms with E-state index in [1.54, 1.807) is 12.1 Å². The molecule has 0 spiro atoms. The van der Waals surface area contributed by atoms with Gasteiger partial charge in [-0.3, -0.25) is 4.79 Å². The minimum Gasteiger partial charge on any atom is -0.353 e. The van der Waals surface area contributed by atoms with Crippen LogP contribution < -0.4 is 10.6 Å². The molecule has 30 heavy (non-hydrogen) atoms. The fourth-order valence-corrected chi connectivity index (χ4v) is 4.14. The van der Waals surface area contributed by atoms with Gasteiger partial charge in [0.15, 0.2) is 0 Å². The molecule has 4 nitrogen and oxygen atoms in total. The molecule has 0 unspecified atom stereocenters. The summed E-state index contributed by atoms with van der Waals surface area (Å²) >= 11 is 0. The maximum Gasteiger partial charge on any atom is 0.234 e. The number of hydrogen-bond acceptors (Lipinski definition) is 2. The Kier molecular flexibility index (Phi) is 5.56. The van der Waals surface area contributed by atoms with Crippen LogP contribution in [0.4, 0.5) is 13.2 Å². The smallest absolute Gasteiger partial charge is 0.234 e. The molecule has 1 aliphatic carbocycles. The van der Waals surface area contributed by atoms with Crippen LogP contribution in [0.25, 0.3) is 22.2 Å². The minimum absolute atomic E-state index is 0.0586. The third-order valence-electron chi connectivity index (χ3n) is 5.54. The summed E-state index contributed by atoms with van der Waals surface area (Å²) in [5.74, 6) is -1.63. The highest BCUT2D eigenvalue weighted by Gasteiger charge is 2.34. The molecule has 2 aromatic carbocycles. The van der Waals surface area contributed by atoms with Crippen molar-refractivity contribution in [1.29, 1.82) is 0 Å². The van der Waals surface area contributed by atoms with Crippen molar-refractivity contribution in [3.05, 3.63) is 59.4 Å². The van der Waals surface area contributed by atoms with E-state index >= 15 is 0 Å². The van der Waals surface area contributed by atoms with Crippen molar-refractivity contribution in [1.82, 2.24) is 15.6 Å². The normalized spacial score (nSPS) is 18.6. The molecular weight excluding hydrogens is 391 g/mol. The Balaban J connectivity index is 1.60. The number of rotatable bonds is 6. The summed E-state index contributed by atoms with van der Waals surface area (Å²) in [6, 6.07) is 8.38. The average molecular weight is 415 g/mol. The second kappa shape index (κ2) is 8.14. The van der Waals surface area contributed by atoms with Crippen molar-refractivity contribution in [3.8, 4) is 11.3 Å². The van der Waals surface area contributed by atoms with Crippen molar-refractivity contribution in [2.45, 2.75) is 44.7 Å². The largest absolute Gasteiger partial charge is 0.353 e. The number of benzene rings is 2. The number of nitrogens with one attached hydrogen (secondary N) is 3. The summed E-state index contributed by atoms with van der Waals surface area (Å²) < 4.78 is 41.7. The van der Waals surface area contributed by atoms with Gasteiger partial charge in [0, 0.05) is 23.5 Å². The van der Waals surface area contributed by atoms with Gasteiger partial charge in [0.2, 0.25) is 5.91 Å². The van der Waals surface area contributed by atoms with Crippen LogP contribution in [0.15, 0.2) is 36.4 Å². The summed E-state index contributed by atoms with van der Waals surface area (Å²) in [6.45, 7) is 4.05. The second-order valence-electron chi connectivity index (χ2n) is 8.20. The maximum atomic E-state index is 14.4. The lowest BCUT2D eigenvalue weighted by Crippen LogP contribution is -2.46.